The second kappa shape index (κ2) is 6.65. The van der Waals surface area contributed by atoms with Crippen LogP contribution in [0.1, 0.15) is 18.4 Å². The van der Waals surface area contributed by atoms with Crippen LogP contribution < -0.4 is 11.6 Å². The summed E-state index contributed by atoms with van der Waals surface area (Å²) in [5, 5.41) is 0. The fraction of sp³-hybridized carbons (Fsp3) is 0.500. The lowest BCUT2D eigenvalue weighted by Crippen LogP contribution is -2.50. The normalized spacial score (nSPS) is 21.2. The molecule has 104 valence electrons. The summed E-state index contributed by atoms with van der Waals surface area (Å²) >= 11 is 0. The minimum Gasteiger partial charge on any atom is -0.339 e. The molecule has 0 saturated carbocycles. The van der Waals surface area contributed by atoms with Crippen LogP contribution in [0.4, 0.5) is 0 Å². The van der Waals surface area contributed by atoms with Crippen molar-refractivity contribution >= 4 is 5.91 Å². The van der Waals surface area contributed by atoms with E-state index in [1.807, 2.05) is 30.3 Å². The van der Waals surface area contributed by atoms with Crippen LogP contribution in [0.15, 0.2) is 30.3 Å². The lowest BCUT2D eigenvalue weighted by molar-refractivity contribution is -0.145. The lowest BCUT2D eigenvalue weighted by Gasteiger charge is -2.32. The van der Waals surface area contributed by atoms with Crippen LogP contribution in [-0.4, -0.2) is 36.0 Å². The molecule has 1 amide bonds. The Morgan fingerprint density at radius 1 is 1.42 bits per heavy atom. The lowest BCUT2D eigenvalue weighted by atomic mass is 10.0. The molecule has 0 radical (unpaired) electrons. The van der Waals surface area contributed by atoms with E-state index in [1.54, 1.807) is 4.90 Å². The summed E-state index contributed by atoms with van der Waals surface area (Å²) in [6.45, 7) is 1.33. The molecule has 0 aliphatic carbocycles. The molecule has 1 saturated heterocycles. The number of likely N-dealkylation sites (tertiary alicyclic amines) is 1. The second-order valence-electron chi connectivity index (χ2n) is 5.00. The van der Waals surface area contributed by atoms with E-state index in [0.717, 1.165) is 24.9 Å². The quantitative estimate of drug-likeness (QED) is 0.772. The number of hydrogen-bond donors (Lipinski definition) is 2. The average molecular weight is 263 g/mol. The molecule has 2 rings (SSSR count). The van der Waals surface area contributed by atoms with Crippen molar-refractivity contribution in [3.8, 4) is 0 Å². The number of nitrogens with zero attached hydrogens (tertiary/aromatic N) is 1. The molecule has 19 heavy (non-hydrogen) atoms. The minimum atomic E-state index is -0.632. The molecule has 1 aliphatic rings. The van der Waals surface area contributed by atoms with Crippen molar-refractivity contribution in [1.82, 2.24) is 4.90 Å². The Balaban J connectivity index is 1.98. The molecule has 5 heteroatoms. The minimum absolute atomic E-state index is 0.0628. The van der Waals surface area contributed by atoms with E-state index in [0.29, 0.717) is 13.0 Å². The van der Waals surface area contributed by atoms with Gasteiger partial charge < -0.3 is 10.6 Å². The molecule has 2 atom stereocenters. The Hall–Kier alpha value is -1.43. The van der Waals surface area contributed by atoms with Gasteiger partial charge in [0.2, 0.25) is 0 Å². The maximum atomic E-state index is 12.3. The van der Waals surface area contributed by atoms with E-state index in [1.165, 1.54) is 0 Å². The van der Waals surface area contributed by atoms with Gasteiger partial charge in [-0.15, -0.1) is 0 Å². The Morgan fingerprint density at radius 2 is 2.16 bits per heavy atom. The molecular formula is C14H21N3O2. The summed E-state index contributed by atoms with van der Waals surface area (Å²) in [4.78, 5) is 19.0. The molecular weight excluding hydrogens is 242 g/mol. The van der Waals surface area contributed by atoms with Gasteiger partial charge in [-0.25, -0.2) is 5.90 Å². The third-order valence-electron chi connectivity index (χ3n) is 3.47. The molecule has 0 aromatic heterocycles. The van der Waals surface area contributed by atoms with E-state index in [4.69, 9.17) is 16.5 Å². The first-order chi connectivity index (χ1) is 9.20. The van der Waals surface area contributed by atoms with Crippen LogP contribution in [0, 0.1) is 0 Å². The first-order valence-electron chi connectivity index (χ1n) is 6.64. The van der Waals surface area contributed by atoms with Crippen LogP contribution in [-0.2, 0) is 16.1 Å². The van der Waals surface area contributed by atoms with Crippen LogP contribution >= 0.6 is 0 Å². The number of carbonyl (C=O) groups excluding carboxylic acids is 1. The molecule has 1 aromatic rings. The van der Waals surface area contributed by atoms with Crippen molar-refractivity contribution in [3.63, 3.8) is 0 Å². The third kappa shape index (κ3) is 3.76. The van der Waals surface area contributed by atoms with Gasteiger partial charge in [0.15, 0.2) is 6.10 Å². The largest absolute Gasteiger partial charge is 0.339 e. The zero-order valence-electron chi connectivity index (χ0n) is 11.0. The molecule has 0 bridgehead atoms. The average Bonchev–Trinajstić information content (AvgIpc) is 2.45. The van der Waals surface area contributed by atoms with Crippen LogP contribution in [0.25, 0.3) is 0 Å². The molecule has 4 N–H and O–H groups in total. The predicted molar refractivity (Wildman–Crippen MR) is 73.0 cm³/mol. The summed E-state index contributed by atoms with van der Waals surface area (Å²) in [7, 11) is 0. The molecule has 5 nitrogen and oxygen atoms in total. The maximum absolute atomic E-state index is 12.3. The van der Waals surface area contributed by atoms with Crippen molar-refractivity contribution < 1.29 is 9.63 Å². The molecule has 1 fully saturated rings. The molecule has 1 unspecified atom stereocenters. The summed E-state index contributed by atoms with van der Waals surface area (Å²) in [6, 6.07) is 9.79. The Kier molecular flexibility index (Phi) is 4.90. The summed E-state index contributed by atoms with van der Waals surface area (Å²) in [5.41, 5.74) is 6.93. The highest BCUT2D eigenvalue weighted by atomic mass is 16.6. The molecule has 0 spiro atoms. The van der Waals surface area contributed by atoms with E-state index in [2.05, 4.69) is 0 Å². The summed E-state index contributed by atoms with van der Waals surface area (Å²) in [6.07, 6.45) is 1.77. The molecule has 1 heterocycles. The number of nitrogens with two attached hydrogens (primary N) is 2. The van der Waals surface area contributed by atoms with Crippen LogP contribution in [0.5, 0.6) is 0 Å². The van der Waals surface area contributed by atoms with Crippen molar-refractivity contribution in [3.05, 3.63) is 35.9 Å². The third-order valence-corrected chi connectivity index (χ3v) is 3.47. The number of benzene rings is 1. The van der Waals surface area contributed by atoms with Gasteiger partial charge in [-0.1, -0.05) is 30.3 Å². The number of hydrogen-bond acceptors (Lipinski definition) is 4. The Morgan fingerprint density at radius 3 is 2.79 bits per heavy atom. The van der Waals surface area contributed by atoms with Gasteiger partial charge in [0.25, 0.3) is 5.91 Å². The summed E-state index contributed by atoms with van der Waals surface area (Å²) < 4.78 is 0. The highest BCUT2D eigenvalue weighted by Gasteiger charge is 2.28. The van der Waals surface area contributed by atoms with Gasteiger partial charge in [0, 0.05) is 25.6 Å². The zero-order chi connectivity index (χ0) is 13.7. The highest BCUT2D eigenvalue weighted by molar-refractivity contribution is 5.81. The van der Waals surface area contributed by atoms with E-state index < -0.39 is 6.10 Å². The van der Waals surface area contributed by atoms with Crippen LogP contribution in [0.2, 0.25) is 0 Å². The van der Waals surface area contributed by atoms with E-state index in [-0.39, 0.29) is 11.9 Å². The van der Waals surface area contributed by atoms with Crippen LogP contribution in [0.3, 0.4) is 0 Å². The van der Waals surface area contributed by atoms with Gasteiger partial charge in [0.1, 0.15) is 0 Å². The number of carbonyl (C=O) groups is 1. The van der Waals surface area contributed by atoms with Gasteiger partial charge in [0.05, 0.1) is 0 Å². The van der Waals surface area contributed by atoms with Crippen molar-refractivity contribution in [1.29, 1.82) is 0 Å². The smallest absolute Gasteiger partial charge is 0.254 e. The van der Waals surface area contributed by atoms with Crippen molar-refractivity contribution in [2.24, 2.45) is 11.6 Å². The van der Waals surface area contributed by atoms with Gasteiger partial charge >= 0.3 is 0 Å². The zero-order valence-corrected chi connectivity index (χ0v) is 11.0. The number of piperidine rings is 1. The van der Waals surface area contributed by atoms with Crippen molar-refractivity contribution in [2.75, 3.05) is 13.1 Å². The van der Waals surface area contributed by atoms with Gasteiger partial charge in [-0.3, -0.25) is 9.63 Å². The second-order valence-corrected chi connectivity index (χ2v) is 5.00. The first kappa shape index (κ1) is 14.0. The molecule has 1 aromatic carbocycles. The maximum Gasteiger partial charge on any atom is 0.254 e. The van der Waals surface area contributed by atoms with Gasteiger partial charge in [-0.2, -0.15) is 0 Å². The van der Waals surface area contributed by atoms with Crippen molar-refractivity contribution in [2.45, 2.75) is 31.4 Å². The van der Waals surface area contributed by atoms with E-state index >= 15 is 0 Å². The summed E-state index contributed by atoms with van der Waals surface area (Å²) in [5.74, 6) is 5.22. The Bertz CT molecular complexity index is 410. The topological polar surface area (TPSA) is 81.6 Å². The first-order valence-corrected chi connectivity index (χ1v) is 6.64. The predicted octanol–water partition coefficient (Wildman–Crippen LogP) is 0.438. The van der Waals surface area contributed by atoms with E-state index in [9.17, 15) is 4.79 Å². The number of amides is 1. The molecule has 1 aliphatic heterocycles. The highest BCUT2D eigenvalue weighted by Crippen LogP contribution is 2.13. The Labute approximate surface area is 113 Å². The SMILES string of the molecule is NOC(Cc1ccccc1)C(=O)N1CCC[C@@H](N)C1. The fourth-order valence-electron chi connectivity index (χ4n) is 2.44. The monoisotopic (exact) mass is 263 g/mol. The number of rotatable bonds is 4. The van der Waals surface area contributed by atoms with Gasteiger partial charge in [-0.05, 0) is 18.4 Å². The fourth-order valence-corrected chi connectivity index (χ4v) is 2.44. The standard InChI is InChI=1S/C14H21N3O2/c15-12-7-4-8-17(10-12)14(18)13(19-16)9-11-5-2-1-3-6-11/h1-3,5-6,12-13H,4,7-10,15-16H2/t12-,13?/m1/s1.